The van der Waals surface area contributed by atoms with E-state index in [-0.39, 0.29) is 23.9 Å². The molecule has 2 atom stereocenters. The van der Waals surface area contributed by atoms with Crippen molar-refractivity contribution in [1.29, 1.82) is 0 Å². The van der Waals surface area contributed by atoms with Gasteiger partial charge in [0.15, 0.2) is 0 Å². The lowest BCUT2D eigenvalue weighted by atomic mass is 9.90. The SMILES string of the molecule is C=CC(=O)NC1CCCC[C@H]1NC(=O)c1sc2nccc3c2c1NC(=O)N3/C=C(C)/C=C(\N=C/I)OCC(C)C. The molecule has 3 heterocycles. The molecule has 3 N–H and O–H groups in total. The number of thiophene rings is 1. The molecular formula is C28H33IN6O4S. The van der Waals surface area contributed by atoms with Crippen LogP contribution in [0, 0.1) is 5.92 Å². The smallest absolute Gasteiger partial charge is 0.330 e. The number of aromatic nitrogens is 1. The Balaban J connectivity index is 1.62. The van der Waals surface area contributed by atoms with Gasteiger partial charge in [0.05, 0.1) is 27.6 Å². The number of halogens is 1. The predicted octanol–water partition coefficient (Wildman–Crippen LogP) is 5.87. The van der Waals surface area contributed by atoms with Gasteiger partial charge in [-0.3, -0.25) is 14.5 Å². The van der Waals surface area contributed by atoms with Crippen molar-refractivity contribution in [3.63, 3.8) is 0 Å². The molecule has 0 saturated heterocycles. The summed E-state index contributed by atoms with van der Waals surface area (Å²) in [7, 11) is 0. The average molecular weight is 677 g/mol. The fourth-order valence-electron chi connectivity index (χ4n) is 4.70. The lowest BCUT2D eigenvalue weighted by Crippen LogP contribution is -2.52. The first-order valence-electron chi connectivity index (χ1n) is 13.1. The molecule has 1 unspecified atom stereocenters. The predicted molar refractivity (Wildman–Crippen MR) is 168 cm³/mol. The molecule has 10 nitrogen and oxygen atoms in total. The Bertz CT molecular complexity index is 1400. The van der Waals surface area contributed by atoms with E-state index < -0.39 is 6.03 Å². The molecule has 0 spiro atoms. The summed E-state index contributed by atoms with van der Waals surface area (Å²) in [6, 6.07) is 0.962. The van der Waals surface area contributed by atoms with Crippen molar-refractivity contribution in [3.05, 3.63) is 53.5 Å². The van der Waals surface area contributed by atoms with E-state index in [0.717, 1.165) is 31.3 Å². The van der Waals surface area contributed by atoms with Crippen molar-refractivity contribution in [2.75, 3.05) is 16.8 Å². The molecular weight excluding hydrogens is 643 g/mol. The summed E-state index contributed by atoms with van der Waals surface area (Å²) in [5.74, 6) is 0.228. The maximum Gasteiger partial charge on any atom is 0.330 e. The second-order valence-electron chi connectivity index (χ2n) is 10.1. The van der Waals surface area contributed by atoms with Crippen LogP contribution in [-0.4, -0.2) is 45.7 Å². The van der Waals surface area contributed by atoms with Crippen molar-refractivity contribution >= 4 is 77.6 Å². The van der Waals surface area contributed by atoms with Crippen LogP contribution < -0.4 is 20.9 Å². The van der Waals surface area contributed by atoms with Crippen LogP contribution in [0.4, 0.5) is 16.2 Å². The highest BCUT2D eigenvalue weighted by atomic mass is 127. The minimum absolute atomic E-state index is 0.181. The molecule has 0 bridgehead atoms. The fraction of sp³-hybridized carbons (Fsp3) is 0.393. The van der Waals surface area contributed by atoms with E-state index in [0.29, 0.717) is 44.9 Å². The Hall–Kier alpha value is -3.26. The van der Waals surface area contributed by atoms with Gasteiger partial charge in [0.25, 0.3) is 5.91 Å². The highest BCUT2D eigenvalue weighted by Gasteiger charge is 2.33. The van der Waals surface area contributed by atoms with Crippen LogP contribution in [0.2, 0.25) is 0 Å². The average Bonchev–Trinajstić information content (AvgIpc) is 3.30. The Morgan fingerprint density at radius 3 is 2.73 bits per heavy atom. The van der Waals surface area contributed by atoms with E-state index in [9.17, 15) is 14.4 Å². The molecule has 40 heavy (non-hydrogen) atoms. The summed E-state index contributed by atoms with van der Waals surface area (Å²) in [5.41, 5.74) is 1.83. The number of aliphatic imine (C=N–C) groups is 1. The summed E-state index contributed by atoms with van der Waals surface area (Å²) >= 11 is 3.26. The topological polar surface area (TPSA) is 125 Å². The third-order valence-corrected chi connectivity index (χ3v) is 7.88. The number of rotatable bonds is 10. The van der Waals surface area contributed by atoms with Crippen LogP contribution in [0.25, 0.3) is 10.2 Å². The molecule has 2 aromatic rings. The number of hydrogen-bond acceptors (Lipinski definition) is 7. The van der Waals surface area contributed by atoms with E-state index in [1.54, 1.807) is 28.8 Å². The lowest BCUT2D eigenvalue weighted by Gasteiger charge is -2.32. The number of carbonyl (C=O) groups excluding carboxylic acids is 3. The minimum atomic E-state index is -0.393. The second kappa shape index (κ2) is 13.4. The van der Waals surface area contributed by atoms with Gasteiger partial charge in [-0.1, -0.05) is 33.3 Å². The third kappa shape index (κ3) is 6.89. The lowest BCUT2D eigenvalue weighted by molar-refractivity contribution is -0.117. The number of amides is 4. The maximum atomic E-state index is 13.5. The Kier molecular flexibility index (Phi) is 9.95. The van der Waals surface area contributed by atoms with Crippen LogP contribution in [0.3, 0.4) is 0 Å². The van der Waals surface area contributed by atoms with Gasteiger partial charge in [0, 0.05) is 30.6 Å². The Labute approximate surface area is 251 Å². The summed E-state index contributed by atoms with van der Waals surface area (Å²) < 4.78 is 7.42. The number of urea groups is 1. The van der Waals surface area contributed by atoms with E-state index in [1.807, 2.05) is 29.5 Å². The van der Waals surface area contributed by atoms with Gasteiger partial charge in [0.1, 0.15) is 9.71 Å². The molecule has 1 saturated carbocycles. The number of pyridine rings is 1. The normalized spacial score (nSPS) is 19.6. The third-order valence-electron chi connectivity index (χ3n) is 6.51. The zero-order valence-electron chi connectivity index (χ0n) is 22.7. The van der Waals surface area contributed by atoms with Crippen LogP contribution >= 0.6 is 33.9 Å². The maximum absolute atomic E-state index is 13.5. The Morgan fingerprint density at radius 2 is 2.05 bits per heavy atom. The molecule has 1 aliphatic heterocycles. The highest BCUT2D eigenvalue weighted by Crippen LogP contribution is 2.43. The van der Waals surface area contributed by atoms with Gasteiger partial charge >= 0.3 is 6.03 Å². The number of allylic oxidation sites excluding steroid dienone is 2. The summed E-state index contributed by atoms with van der Waals surface area (Å²) in [6.07, 6.45) is 9.80. The van der Waals surface area contributed by atoms with Crippen molar-refractivity contribution in [2.24, 2.45) is 10.9 Å². The second-order valence-corrected chi connectivity index (χ2v) is 11.6. The molecule has 2 aromatic heterocycles. The van der Waals surface area contributed by atoms with Gasteiger partial charge in [-0.15, -0.1) is 11.3 Å². The molecule has 12 heteroatoms. The minimum Gasteiger partial charge on any atom is -0.477 e. The highest BCUT2D eigenvalue weighted by molar-refractivity contribution is 14.1. The molecule has 2 aliphatic rings. The Morgan fingerprint density at radius 1 is 1.32 bits per heavy atom. The van der Waals surface area contributed by atoms with Crippen molar-refractivity contribution < 1.29 is 19.1 Å². The first-order chi connectivity index (χ1) is 19.2. The van der Waals surface area contributed by atoms with Crippen molar-refractivity contribution in [1.82, 2.24) is 15.6 Å². The van der Waals surface area contributed by atoms with Gasteiger partial charge in [-0.05, 0) is 66.0 Å². The van der Waals surface area contributed by atoms with Gasteiger partial charge in [-0.25, -0.2) is 14.8 Å². The van der Waals surface area contributed by atoms with E-state index in [4.69, 9.17) is 4.74 Å². The van der Waals surface area contributed by atoms with Crippen LogP contribution in [0.1, 0.15) is 56.1 Å². The molecule has 212 valence electrons. The molecule has 4 amide bonds. The molecule has 1 aliphatic carbocycles. The monoisotopic (exact) mass is 676 g/mol. The molecule has 0 aromatic carbocycles. The van der Waals surface area contributed by atoms with E-state index in [2.05, 4.69) is 46.4 Å². The quantitative estimate of drug-likeness (QED) is 0.0955. The summed E-state index contributed by atoms with van der Waals surface area (Å²) in [4.78, 5) is 50.0. The van der Waals surface area contributed by atoms with E-state index in [1.165, 1.54) is 22.3 Å². The number of carbonyl (C=O) groups is 3. The van der Waals surface area contributed by atoms with Crippen molar-refractivity contribution in [3.8, 4) is 0 Å². The number of ether oxygens (including phenoxy) is 1. The van der Waals surface area contributed by atoms with Gasteiger partial charge in [-0.2, -0.15) is 0 Å². The number of nitrogens with zero attached hydrogens (tertiary/aromatic N) is 3. The van der Waals surface area contributed by atoms with E-state index >= 15 is 0 Å². The zero-order valence-corrected chi connectivity index (χ0v) is 25.7. The zero-order chi connectivity index (χ0) is 28.8. The van der Waals surface area contributed by atoms with Gasteiger partial charge < -0.3 is 20.7 Å². The number of hydrogen-bond donors (Lipinski definition) is 3. The first kappa shape index (κ1) is 29.7. The fourth-order valence-corrected chi connectivity index (χ4v) is 5.99. The van der Waals surface area contributed by atoms with Crippen molar-refractivity contribution in [2.45, 2.75) is 58.5 Å². The molecule has 0 radical (unpaired) electrons. The first-order valence-corrected chi connectivity index (χ1v) is 15.2. The molecule has 4 rings (SSSR count). The summed E-state index contributed by atoms with van der Waals surface area (Å²) in [5, 5.41) is 9.62. The number of nitrogens with one attached hydrogen (secondary N) is 3. The largest absolute Gasteiger partial charge is 0.477 e. The van der Waals surface area contributed by atoms with Crippen LogP contribution in [0.5, 0.6) is 0 Å². The number of anilines is 2. The summed E-state index contributed by atoms with van der Waals surface area (Å²) in [6.45, 7) is 10.0. The standard InChI is InChI=1S/C28H33IN6O4S/c1-5-21(36)32-18-8-6-7-9-19(18)33-26(37)25-24-23-20(10-11-30-27(23)40-25)35(28(38)34-24)13-17(4)12-22(31-15-29)39-14-16(2)3/h5,10-13,15-16,18-19H,1,6-9,14H2,2-4H3,(H,32,36)(H,33,37)(H,34,38)/b17-13+,22-12+,31-15-/t18?,19-/m1/s1. The molecule has 1 fully saturated rings. The van der Waals surface area contributed by atoms with Gasteiger partial charge in [0.2, 0.25) is 11.8 Å². The van der Waals surface area contributed by atoms with Crippen LogP contribution in [0.15, 0.2) is 53.6 Å². The van der Waals surface area contributed by atoms with Crippen LogP contribution in [-0.2, 0) is 9.53 Å².